The quantitative estimate of drug-likeness (QED) is 0.810. The summed E-state index contributed by atoms with van der Waals surface area (Å²) in [4.78, 5) is 11.1. The number of phenolic OH excluding ortho intramolecular Hbond substituents is 1. The van der Waals surface area contributed by atoms with Crippen LogP contribution in [0.5, 0.6) is 5.75 Å². The third-order valence-corrected chi connectivity index (χ3v) is 2.30. The highest BCUT2D eigenvalue weighted by Gasteiger charge is 2.18. The first-order valence-corrected chi connectivity index (χ1v) is 5.30. The molecule has 0 aliphatic heterocycles. The van der Waals surface area contributed by atoms with E-state index in [0.717, 1.165) is 0 Å². The van der Waals surface area contributed by atoms with Gasteiger partial charge in [-0.3, -0.25) is 4.79 Å². The number of halogens is 2. The van der Waals surface area contributed by atoms with Gasteiger partial charge in [0.25, 0.3) is 6.43 Å². The van der Waals surface area contributed by atoms with Gasteiger partial charge in [0.1, 0.15) is 5.75 Å². The van der Waals surface area contributed by atoms with E-state index >= 15 is 0 Å². The Morgan fingerprint density at radius 3 is 2.76 bits per heavy atom. The van der Waals surface area contributed by atoms with Crippen molar-refractivity contribution < 1.29 is 23.4 Å². The second kappa shape index (κ2) is 6.18. The SMILES string of the molecule is CCOC(=O)CCc1cccc(O)c1C(F)F. The van der Waals surface area contributed by atoms with E-state index in [4.69, 9.17) is 4.74 Å². The van der Waals surface area contributed by atoms with Crippen LogP contribution < -0.4 is 0 Å². The van der Waals surface area contributed by atoms with Crippen molar-refractivity contribution in [2.75, 3.05) is 6.61 Å². The minimum Gasteiger partial charge on any atom is -0.507 e. The Morgan fingerprint density at radius 2 is 2.18 bits per heavy atom. The summed E-state index contributed by atoms with van der Waals surface area (Å²) >= 11 is 0. The number of rotatable bonds is 5. The number of alkyl halides is 2. The van der Waals surface area contributed by atoms with E-state index in [9.17, 15) is 18.7 Å². The molecule has 94 valence electrons. The van der Waals surface area contributed by atoms with Crippen LogP contribution in [0.3, 0.4) is 0 Å². The van der Waals surface area contributed by atoms with Gasteiger partial charge in [0, 0.05) is 6.42 Å². The number of phenols is 1. The molecule has 0 heterocycles. The molecule has 0 bridgehead atoms. The first-order chi connectivity index (χ1) is 8.06. The highest BCUT2D eigenvalue weighted by molar-refractivity contribution is 5.69. The van der Waals surface area contributed by atoms with Crippen molar-refractivity contribution in [3.63, 3.8) is 0 Å². The van der Waals surface area contributed by atoms with Crippen LogP contribution in [0.4, 0.5) is 8.78 Å². The predicted molar refractivity (Wildman–Crippen MR) is 58.0 cm³/mol. The molecule has 1 aromatic rings. The summed E-state index contributed by atoms with van der Waals surface area (Å²) in [7, 11) is 0. The summed E-state index contributed by atoms with van der Waals surface area (Å²) in [5, 5.41) is 9.33. The molecule has 3 nitrogen and oxygen atoms in total. The van der Waals surface area contributed by atoms with E-state index in [2.05, 4.69) is 0 Å². The van der Waals surface area contributed by atoms with Gasteiger partial charge in [0.05, 0.1) is 12.2 Å². The molecule has 0 atom stereocenters. The number of aromatic hydroxyl groups is 1. The molecule has 0 aliphatic carbocycles. The zero-order valence-electron chi connectivity index (χ0n) is 9.45. The Kier molecular flexibility index (Phi) is 4.87. The van der Waals surface area contributed by atoms with Crippen molar-refractivity contribution in [1.29, 1.82) is 0 Å². The van der Waals surface area contributed by atoms with Gasteiger partial charge in [-0.1, -0.05) is 12.1 Å². The molecule has 1 N–H and O–H groups in total. The lowest BCUT2D eigenvalue weighted by Gasteiger charge is -2.10. The average Bonchev–Trinajstić information content (AvgIpc) is 2.26. The van der Waals surface area contributed by atoms with Crippen LogP contribution in [0.1, 0.15) is 30.9 Å². The van der Waals surface area contributed by atoms with E-state index in [1.165, 1.54) is 18.2 Å². The zero-order chi connectivity index (χ0) is 12.8. The summed E-state index contributed by atoms with van der Waals surface area (Å²) in [5.41, 5.74) is -0.134. The smallest absolute Gasteiger partial charge is 0.306 e. The van der Waals surface area contributed by atoms with E-state index in [1.54, 1.807) is 6.92 Å². The standard InChI is InChI=1S/C12H14F2O3/c1-2-17-10(16)7-6-8-4-3-5-9(15)11(8)12(13)14/h3-5,12,15H,2,6-7H2,1H3. The molecule has 17 heavy (non-hydrogen) atoms. The third-order valence-electron chi connectivity index (χ3n) is 2.30. The normalized spacial score (nSPS) is 10.6. The number of benzene rings is 1. The summed E-state index contributed by atoms with van der Waals surface area (Å²) in [6.45, 7) is 1.94. The highest BCUT2D eigenvalue weighted by Crippen LogP contribution is 2.31. The third kappa shape index (κ3) is 3.69. The zero-order valence-corrected chi connectivity index (χ0v) is 9.45. The average molecular weight is 244 g/mol. The number of aryl methyl sites for hydroxylation is 1. The molecule has 0 aromatic heterocycles. The summed E-state index contributed by atoms with van der Waals surface area (Å²) in [5.74, 6) is -0.877. The van der Waals surface area contributed by atoms with Crippen LogP contribution >= 0.6 is 0 Å². The number of carbonyl (C=O) groups is 1. The van der Waals surface area contributed by atoms with Crippen LogP contribution in [0.25, 0.3) is 0 Å². The molecule has 0 unspecified atom stereocenters. The first-order valence-electron chi connectivity index (χ1n) is 5.30. The van der Waals surface area contributed by atoms with E-state index < -0.39 is 23.7 Å². The molecular weight excluding hydrogens is 230 g/mol. The first kappa shape index (κ1) is 13.4. The fraction of sp³-hybridized carbons (Fsp3) is 0.417. The fourth-order valence-corrected chi connectivity index (χ4v) is 1.54. The van der Waals surface area contributed by atoms with Crippen molar-refractivity contribution in [2.24, 2.45) is 0 Å². The van der Waals surface area contributed by atoms with Crippen molar-refractivity contribution in [3.05, 3.63) is 29.3 Å². The number of esters is 1. The number of ether oxygens (including phenoxy) is 1. The van der Waals surface area contributed by atoms with Crippen LogP contribution in [0, 0.1) is 0 Å². The molecule has 0 fully saturated rings. The maximum absolute atomic E-state index is 12.7. The van der Waals surface area contributed by atoms with Gasteiger partial charge in [-0.2, -0.15) is 0 Å². The minimum absolute atomic E-state index is 0.0248. The van der Waals surface area contributed by atoms with Gasteiger partial charge in [0.15, 0.2) is 0 Å². The number of hydrogen-bond acceptors (Lipinski definition) is 3. The lowest BCUT2D eigenvalue weighted by Crippen LogP contribution is -2.06. The van der Waals surface area contributed by atoms with Crippen molar-refractivity contribution in [3.8, 4) is 5.75 Å². The monoisotopic (exact) mass is 244 g/mol. The summed E-state index contributed by atoms with van der Waals surface area (Å²) in [6.07, 6.45) is -2.60. The van der Waals surface area contributed by atoms with Crippen LogP contribution in [-0.2, 0) is 16.0 Å². The predicted octanol–water partition coefficient (Wildman–Crippen LogP) is 2.83. The summed E-state index contributed by atoms with van der Waals surface area (Å²) in [6, 6.07) is 4.15. The Hall–Kier alpha value is -1.65. The number of carbonyl (C=O) groups excluding carboxylic acids is 1. The topological polar surface area (TPSA) is 46.5 Å². The molecule has 0 saturated heterocycles. The molecule has 0 spiro atoms. The molecule has 0 aliphatic rings. The summed E-state index contributed by atoms with van der Waals surface area (Å²) < 4.78 is 30.1. The largest absolute Gasteiger partial charge is 0.507 e. The maximum atomic E-state index is 12.7. The van der Waals surface area contributed by atoms with Gasteiger partial charge in [-0.25, -0.2) is 8.78 Å². The minimum atomic E-state index is -2.76. The molecule has 5 heteroatoms. The molecule has 0 amide bonds. The Labute approximate surface area is 98.0 Å². The fourth-order valence-electron chi connectivity index (χ4n) is 1.54. The van der Waals surface area contributed by atoms with E-state index in [-0.39, 0.29) is 25.0 Å². The molecule has 1 rings (SSSR count). The van der Waals surface area contributed by atoms with Crippen LogP contribution in [0.2, 0.25) is 0 Å². The Bertz CT molecular complexity index is 391. The lowest BCUT2D eigenvalue weighted by molar-refractivity contribution is -0.143. The highest BCUT2D eigenvalue weighted by atomic mass is 19.3. The van der Waals surface area contributed by atoms with E-state index in [1.807, 2.05) is 0 Å². The van der Waals surface area contributed by atoms with Gasteiger partial charge in [-0.05, 0) is 25.0 Å². The molecule has 0 radical (unpaired) electrons. The molecule has 1 aromatic carbocycles. The lowest BCUT2D eigenvalue weighted by atomic mass is 10.0. The van der Waals surface area contributed by atoms with E-state index in [0.29, 0.717) is 0 Å². The Balaban J connectivity index is 2.77. The van der Waals surface area contributed by atoms with Crippen LogP contribution in [0.15, 0.2) is 18.2 Å². The number of hydrogen-bond donors (Lipinski definition) is 1. The molecular formula is C12H14F2O3. The van der Waals surface area contributed by atoms with Crippen LogP contribution in [-0.4, -0.2) is 17.7 Å². The second-order valence-corrected chi connectivity index (χ2v) is 3.46. The van der Waals surface area contributed by atoms with Crippen molar-refractivity contribution >= 4 is 5.97 Å². The van der Waals surface area contributed by atoms with Gasteiger partial charge in [0.2, 0.25) is 0 Å². The van der Waals surface area contributed by atoms with Gasteiger partial charge in [-0.15, -0.1) is 0 Å². The Morgan fingerprint density at radius 1 is 1.47 bits per heavy atom. The maximum Gasteiger partial charge on any atom is 0.306 e. The van der Waals surface area contributed by atoms with Crippen molar-refractivity contribution in [2.45, 2.75) is 26.2 Å². The molecule has 0 saturated carbocycles. The van der Waals surface area contributed by atoms with Gasteiger partial charge >= 0.3 is 5.97 Å². The van der Waals surface area contributed by atoms with Gasteiger partial charge < -0.3 is 9.84 Å². The van der Waals surface area contributed by atoms with Crippen molar-refractivity contribution in [1.82, 2.24) is 0 Å². The second-order valence-electron chi connectivity index (χ2n) is 3.46.